The van der Waals surface area contributed by atoms with Gasteiger partial charge in [-0.1, -0.05) is 18.5 Å². The van der Waals surface area contributed by atoms with Gasteiger partial charge in [-0.2, -0.15) is 0 Å². The Morgan fingerprint density at radius 2 is 2.17 bits per heavy atom. The summed E-state index contributed by atoms with van der Waals surface area (Å²) in [5.41, 5.74) is 5.97. The van der Waals surface area contributed by atoms with E-state index in [0.717, 1.165) is 0 Å². The van der Waals surface area contributed by atoms with E-state index >= 15 is 0 Å². The zero-order chi connectivity index (χ0) is 13.7. The zero-order valence-corrected chi connectivity index (χ0v) is 10.7. The van der Waals surface area contributed by atoms with E-state index in [2.05, 4.69) is 5.32 Å². The Morgan fingerprint density at radius 3 is 2.67 bits per heavy atom. The summed E-state index contributed by atoms with van der Waals surface area (Å²) in [6.07, 6.45) is 0.495. The number of primary amides is 1. The highest BCUT2D eigenvalue weighted by Crippen LogP contribution is 2.21. The predicted octanol–water partition coefficient (Wildman–Crippen LogP) is 1.96. The number of hydrogen-bond acceptors (Lipinski definition) is 3. The van der Waals surface area contributed by atoms with Gasteiger partial charge in [0.15, 0.2) is 0 Å². The van der Waals surface area contributed by atoms with Crippen LogP contribution >= 0.6 is 11.6 Å². The van der Waals surface area contributed by atoms with E-state index in [-0.39, 0.29) is 6.54 Å². The molecule has 6 heteroatoms. The number of halogens is 1. The summed E-state index contributed by atoms with van der Waals surface area (Å²) >= 11 is 5.82. The molecule has 0 fully saturated rings. The van der Waals surface area contributed by atoms with Crippen molar-refractivity contribution in [2.45, 2.75) is 13.3 Å². The molecule has 18 heavy (non-hydrogen) atoms. The lowest BCUT2D eigenvalue weighted by Gasteiger charge is -2.14. The summed E-state index contributed by atoms with van der Waals surface area (Å²) in [5.74, 6) is -1.99. The van der Waals surface area contributed by atoms with Gasteiger partial charge in [0.05, 0.1) is 11.5 Å². The highest BCUT2D eigenvalue weighted by atomic mass is 35.5. The molecule has 5 nitrogen and oxygen atoms in total. The van der Waals surface area contributed by atoms with Crippen LogP contribution in [0.5, 0.6) is 0 Å². The average molecular weight is 271 g/mol. The first kappa shape index (κ1) is 14.3. The summed E-state index contributed by atoms with van der Waals surface area (Å²) in [5, 5.41) is 12.3. The van der Waals surface area contributed by atoms with Gasteiger partial charge in [-0.25, -0.2) is 0 Å². The van der Waals surface area contributed by atoms with Gasteiger partial charge in [-0.15, -0.1) is 0 Å². The number of hydrogen-bond donors (Lipinski definition) is 3. The molecule has 0 bridgehead atoms. The maximum absolute atomic E-state index is 11.2. The molecule has 1 rings (SSSR count). The molecule has 0 saturated carbocycles. The molecule has 0 saturated heterocycles. The van der Waals surface area contributed by atoms with Crippen molar-refractivity contribution in [1.29, 1.82) is 0 Å². The van der Waals surface area contributed by atoms with Crippen LogP contribution in [0, 0.1) is 5.92 Å². The van der Waals surface area contributed by atoms with Crippen molar-refractivity contribution >= 4 is 29.2 Å². The number of carboxylic acid groups (broad SMARTS) is 1. The zero-order valence-electron chi connectivity index (χ0n) is 9.94. The molecule has 1 atom stereocenters. The van der Waals surface area contributed by atoms with Crippen molar-refractivity contribution in [3.8, 4) is 0 Å². The van der Waals surface area contributed by atoms with Crippen LogP contribution in [0.2, 0.25) is 5.02 Å². The van der Waals surface area contributed by atoms with E-state index in [0.29, 0.717) is 22.7 Å². The fourth-order valence-corrected chi connectivity index (χ4v) is 1.69. The second-order valence-corrected chi connectivity index (χ2v) is 4.31. The normalized spacial score (nSPS) is 11.9. The smallest absolute Gasteiger partial charge is 0.308 e. The van der Waals surface area contributed by atoms with E-state index < -0.39 is 17.8 Å². The number of carbonyl (C=O) groups is 2. The van der Waals surface area contributed by atoms with Gasteiger partial charge in [-0.05, 0) is 24.6 Å². The standard InChI is InChI=1S/C12H15ClN2O3/c1-2-7(12(17)18)6-15-10-5-8(13)3-4-9(10)11(14)16/h3-5,7,15H,2,6H2,1H3,(H2,14,16)(H,17,18). The van der Waals surface area contributed by atoms with Crippen molar-refractivity contribution in [3.63, 3.8) is 0 Å². The Labute approximate surface area is 110 Å². The number of carboxylic acids is 1. The topological polar surface area (TPSA) is 92.4 Å². The van der Waals surface area contributed by atoms with E-state index in [1.165, 1.54) is 6.07 Å². The minimum Gasteiger partial charge on any atom is -0.481 e. The summed E-state index contributed by atoms with van der Waals surface area (Å²) in [4.78, 5) is 22.1. The first-order valence-electron chi connectivity index (χ1n) is 5.51. The molecule has 0 radical (unpaired) electrons. The van der Waals surface area contributed by atoms with Gasteiger partial charge in [-0.3, -0.25) is 9.59 Å². The lowest BCUT2D eigenvalue weighted by molar-refractivity contribution is -0.141. The predicted molar refractivity (Wildman–Crippen MR) is 69.9 cm³/mol. The quantitative estimate of drug-likeness (QED) is 0.737. The third kappa shape index (κ3) is 3.63. The van der Waals surface area contributed by atoms with Crippen molar-refractivity contribution in [2.24, 2.45) is 11.7 Å². The molecule has 0 aliphatic rings. The summed E-state index contributed by atoms with van der Waals surface area (Å²) in [6.45, 7) is 2.00. The Bertz CT molecular complexity index is 463. The van der Waals surface area contributed by atoms with Crippen molar-refractivity contribution in [1.82, 2.24) is 0 Å². The van der Waals surface area contributed by atoms with Gasteiger partial charge >= 0.3 is 5.97 Å². The molecule has 1 aromatic rings. The SMILES string of the molecule is CCC(CNc1cc(Cl)ccc1C(N)=O)C(=O)O. The molecule has 0 aliphatic carbocycles. The van der Waals surface area contributed by atoms with Crippen LogP contribution in [0.3, 0.4) is 0 Å². The highest BCUT2D eigenvalue weighted by Gasteiger charge is 2.16. The molecule has 1 aromatic carbocycles. The van der Waals surface area contributed by atoms with Gasteiger partial charge < -0.3 is 16.2 Å². The monoisotopic (exact) mass is 270 g/mol. The maximum atomic E-state index is 11.2. The molecule has 98 valence electrons. The van der Waals surface area contributed by atoms with Crippen LogP contribution < -0.4 is 11.1 Å². The fraction of sp³-hybridized carbons (Fsp3) is 0.333. The molecule has 4 N–H and O–H groups in total. The lowest BCUT2D eigenvalue weighted by atomic mass is 10.1. The Hall–Kier alpha value is -1.75. The molecular formula is C12H15ClN2O3. The molecule has 0 spiro atoms. The second-order valence-electron chi connectivity index (χ2n) is 3.88. The van der Waals surface area contributed by atoms with Crippen LogP contribution in [0.1, 0.15) is 23.7 Å². The van der Waals surface area contributed by atoms with Crippen molar-refractivity contribution < 1.29 is 14.7 Å². The third-order valence-corrected chi connectivity index (χ3v) is 2.86. The van der Waals surface area contributed by atoms with Crippen LogP contribution in [0.25, 0.3) is 0 Å². The van der Waals surface area contributed by atoms with Gasteiger partial charge in [0.25, 0.3) is 5.91 Å². The molecule has 1 unspecified atom stereocenters. The fourth-order valence-electron chi connectivity index (χ4n) is 1.52. The van der Waals surface area contributed by atoms with Crippen molar-refractivity contribution in [2.75, 3.05) is 11.9 Å². The van der Waals surface area contributed by atoms with E-state index in [9.17, 15) is 9.59 Å². The number of nitrogens with one attached hydrogen (secondary N) is 1. The van der Waals surface area contributed by atoms with E-state index in [1.807, 2.05) is 0 Å². The first-order valence-corrected chi connectivity index (χ1v) is 5.89. The van der Waals surface area contributed by atoms with Crippen LogP contribution in [0.4, 0.5) is 5.69 Å². The first-order chi connectivity index (χ1) is 8.45. The Morgan fingerprint density at radius 1 is 1.50 bits per heavy atom. The van der Waals surface area contributed by atoms with Crippen LogP contribution in [-0.2, 0) is 4.79 Å². The highest BCUT2D eigenvalue weighted by molar-refractivity contribution is 6.31. The summed E-state index contributed by atoms with van der Waals surface area (Å²) in [7, 11) is 0. The number of benzene rings is 1. The average Bonchev–Trinajstić information content (AvgIpc) is 2.29. The Kier molecular flexibility index (Phi) is 4.97. The minimum atomic E-state index is -0.882. The number of rotatable bonds is 6. The minimum absolute atomic E-state index is 0.215. The van der Waals surface area contributed by atoms with Gasteiger partial charge in [0.2, 0.25) is 0 Å². The molecule has 0 heterocycles. The maximum Gasteiger partial charge on any atom is 0.308 e. The third-order valence-electron chi connectivity index (χ3n) is 2.63. The second kappa shape index (κ2) is 6.26. The lowest BCUT2D eigenvalue weighted by Crippen LogP contribution is -2.23. The number of amides is 1. The number of carbonyl (C=O) groups excluding carboxylic acids is 1. The summed E-state index contributed by atoms with van der Waals surface area (Å²) < 4.78 is 0. The number of anilines is 1. The van der Waals surface area contributed by atoms with E-state index in [1.54, 1.807) is 19.1 Å². The van der Waals surface area contributed by atoms with Crippen LogP contribution in [0.15, 0.2) is 18.2 Å². The van der Waals surface area contributed by atoms with E-state index in [4.69, 9.17) is 22.4 Å². The van der Waals surface area contributed by atoms with Crippen molar-refractivity contribution in [3.05, 3.63) is 28.8 Å². The number of nitrogens with two attached hydrogens (primary N) is 1. The molecule has 1 amide bonds. The van der Waals surface area contributed by atoms with Gasteiger partial charge in [0, 0.05) is 17.3 Å². The molecule has 0 aromatic heterocycles. The summed E-state index contributed by atoms with van der Waals surface area (Å²) in [6, 6.07) is 4.62. The number of aliphatic carboxylic acids is 1. The van der Waals surface area contributed by atoms with Crippen LogP contribution in [-0.4, -0.2) is 23.5 Å². The Balaban J connectivity index is 2.86. The van der Waals surface area contributed by atoms with Gasteiger partial charge in [0.1, 0.15) is 0 Å². The largest absolute Gasteiger partial charge is 0.481 e. The molecule has 0 aliphatic heterocycles. The molecular weight excluding hydrogens is 256 g/mol.